The molecule has 114 valence electrons. The summed E-state index contributed by atoms with van der Waals surface area (Å²) in [7, 11) is 1.77. The van der Waals surface area contributed by atoms with Gasteiger partial charge in [0, 0.05) is 13.0 Å². The van der Waals surface area contributed by atoms with E-state index in [1.807, 2.05) is 4.68 Å². The molecule has 0 fully saturated rings. The Morgan fingerprint density at radius 1 is 1.18 bits per heavy atom. The lowest BCUT2D eigenvalue weighted by atomic mass is 9.92. The van der Waals surface area contributed by atoms with Gasteiger partial charge < -0.3 is 4.74 Å². The first-order chi connectivity index (χ1) is 10.8. The number of hydrogen-bond acceptors (Lipinski definition) is 3. The second-order valence-electron chi connectivity index (χ2n) is 5.68. The molecule has 0 saturated heterocycles. The number of methoxy groups -OCH3 is 1. The van der Waals surface area contributed by atoms with Crippen molar-refractivity contribution in [1.82, 2.24) is 14.8 Å². The van der Waals surface area contributed by atoms with Gasteiger partial charge in [0.25, 0.3) is 0 Å². The van der Waals surface area contributed by atoms with Crippen LogP contribution < -0.4 is 0 Å². The van der Waals surface area contributed by atoms with E-state index in [1.54, 1.807) is 19.8 Å². The molecule has 0 amide bonds. The second-order valence-corrected chi connectivity index (χ2v) is 5.68. The van der Waals surface area contributed by atoms with Crippen LogP contribution in [0.1, 0.15) is 17.2 Å². The predicted octanol–water partition coefficient (Wildman–Crippen LogP) is 3.13. The summed E-state index contributed by atoms with van der Waals surface area (Å²) in [5.74, 6) is 0.268. The van der Waals surface area contributed by atoms with Crippen molar-refractivity contribution in [3.8, 4) is 0 Å². The van der Waals surface area contributed by atoms with Crippen molar-refractivity contribution in [2.75, 3.05) is 7.11 Å². The van der Waals surface area contributed by atoms with Crippen LogP contribution in [0.15, 0.2) is 61.2 Å². The van der Waals surface area contributed by atoms with E-state index in [-0.39, 0.29) is 18.1 Å². The molecule has 0 radical (unpaired) electrons. The minimum atomic E-state index is 0.0259. The maximum Gasteiger partial charge on any atom is 0.137 e. The highest BCUT2D eigenvalue weighted by atomic mass is 16.5. The van der Waals surface area contributed by atoms with E-state index in [4.69, 9.17) is 4.74 Å². The van der Waals surface area contributed by atoms with Gasteiger partial charge in [-0.25, -0.2) is 9.67 Å². The van der Waals surface area contributed by atoms with Gasteiger partial charge in [-0.05, 0) is 18.9 Å². The van der Waals surface area contributed by atoms with Crippen molar-refractivity contribution in [1.29, 1.82) is 0 Å². The number of aromatic nitrogens is 3. The summed E-state index contributed by atoms with van der Waals surface area (Å²) in [5, 5.41) is 4.35. The van der Waals surface area contributed by atoms with E-state index in [0.717, 1.165) is 6.42 Å². The third-order valence-corrected chi connectivity index (χ3v) is 4.15. The number of benzene rings is 1. The molecule has 1 aliphatic carbocycles. The zero-order chi connectivity index (χ0) is 15.4. The van der Waals surface area contributed by atoms with Crippen LogP contribution in [0.3, 0.4) is 0 Å². The van der Waals surface area contributed by atoms with Crippen molar-refractivity contribution in [2.45, 2.75) is 25.5 Å². The van der Waals surface area contributed by atoms with Gasteiger partial charge in [0.1, 0.15) is 12.7 Å². The van der Waals surface area contributed by atoms with E-state index in [1.165, 1.54) is 11.1 Å². The van der Waals surface area contributed by atoms with E-state index in [2.05, 4.69) is 65.6 Å². The number of rotatable bonds is 6. The molecular weight excluding hydrogens is 274 g/mol. The Balaban J connectivity index is 1.87. The van der Waals surface area contributed by atoms with Crippen molar-refractivity contribution in [3.05, 3.63) is 72.4 Å². The molecule has 1 aromatic carbocycles. The summed E-state index contributed by atoms with van der Waals surface area (Å²) in [4.78, 5) is 4.10. The molecule has 0 N–H and O–H groups in total. The summed E-state index contributed by atoms with van der Waals surface area (Å²) >= 11 is 0. The van der Waals surface area contributed by atoms with Crippen molar-refractivity contribution < 1.29 is 4.74 Å². The molecule has 2 aromatic rings. The standard InChI is InChI=1S/C18H21N3O/c1-14-7-9-15(10-8-14)11-17(21-13-19-12-20-21)18(22-2)16-5-3-4-6-16/h3-10,12-13,16-18H,11H2,1-2H3. The smallest absolute Gasteiger partial charge is 0.137 e. The average Bonchev–Trinajstić information content (AvgIpc) is 3.22. The molecule has 0 aliphatic heterocycles. The fourth-order valence-electron chi connectivity index (χ4n) is 2.95. The SMILES string of the molecule is COC(C1C=CC=C1)C(Cc1ccc(C)cc1)n1cncn1. The number of allylic oxidation sites excluding steroid dienone is 2. The Hall–Kier alpha value is -2.20. The Morgan fingerprint density at radius 2 is 1.91 bits per heavy atom. The Morgan fingerprint density at radius 3 is 2.50 bits per heavy atom. The van der Waals surface area contributed by atoms with Gasteiger partial charge in [-0.3, -0.25) is 0 Å². The Labute approximate surface area is 131 Å². The molecule has 0 spiro atoms. The number of aryl methyl sites for hydroxylation is 1. The van der Waals surface area contributed by atoms with Crippen LogP contribution in [0.4, 0.5) is 0 Å². The van der Waals surface area contributed by atoms with Gasteiger partial charge in [0.05, 0.1) is 12.1 Å². The zero-order valence-electron chi connectivity index (χ0n) is 13.0. The van der Waals surface area contributed by atoms with Gasteiger partial charge in [-0.2, -0.15) is 5.10 Å². The van der Waals surface area contributed by atoms with Crippen LogP contribution in [0.5, 0.6) is 0 Å². The summed E-state index contributed by atoms with van der Waals surface area (Å²) in [5.41, 5.74) is 2.55. The van der Waals surface area contributed by atoms with Crippen LogP contribution in [0, 0.1) is 12.8 Å². The second kappa shape index (κ2) is 6.71. The third-order valence-electron chi connectivity index (χ3n) is 4.15. The lowest BCUT2D eigenvalue weighted by molar-refractivity contribution is 0.0337. The van der Waals surface area contributed by atoms with Crippen molar-refractivity contribution in [2.24, 2.45) is 5.92 Å². The molecule has 0 saturated carbocycles. The van der Waals surface area contributed by atoms with Crippen LogP contribution in [-0.4, -0.2) is 28.0 Å². The first-order valence-electron chi connectivity index (χ1n) is 7.55. The van der Waals surface area contributed by atoms with E-state index < -0.39 is 0 Å². The molecule has 4 heteroatoms. The van der Waals surface area contributed by atoms with Crippen LogP contribution >= 0.6 is 0 Å². The molecule has 2 unspecified atom stereocenters. The van der Waals surface area contributed by atoms with Gasteiger partial charge in [0.15, 0.2) is 0 Å². The highest BCUT2D eigenvalue weighted by molar-refractivity contribution is 5.24. The molecule has 1 aromatic heterocycles. The van der Waals surface area contributed by atoms with E-state index in [0.29, 0.717) is 0 Å². The molecule has 4 nitrogen and oxygen atoms in total. The Kier molecular flexibility index (Phi) is 4.49. The number of ether oxygens (including phenoxy) is 1. The maximum atomic E-state index is 5.83. The first-order valence-corrected chi connectivity index (χ1v) is 7.55. The topological polar surface area (TPSA) is 39.9 Å². The lowest BCUT2D eigenvalue weighted by Crippen LogP contribution is -2.33. The minimum absolute atomic E-state index is 0.0259. The summed E-state index contributed by atoms with van der Waals surface area (Å²) in [6, 6.07) is 8.74. The van der Waals surface area contributed by atoms with Gasteiger partial charge >= 0.3 is 0 Å². The van der Waals surface area contributed by atoms with Crippen LogP contribution in [0.25, 0.3) is 0 Å². The molecule has 1 aliphatic rings. The molecule has 22 heavy (non-hydrogen) atoms. The van der Waals surface area contributed by atoms with Gasteiger partial charge in [-0.15, -0.1) is 0 Å². The highest BCUT2D eigenvalue weighted by Crippen LogP contribution is 2.28. The number of hydrogen-bond donors (Lipinski definition) is 0. The third kappa shape index (κ3) is 3.17. The van der Waals surface area contributed by atoms with Crippen molar-refractivity contribution in [3.63, 3.8) is 0 Å². The van der Waals surface area contributed by atoms with E-state index >= 15 is 0 Å². The average molecular weight is 295 g/mol. The highest BCUT2D eigenvalue weighted by Gasteiger charge is 2.29. The molecule has 1 heterocycles. The lowest BCUT2D eigenvalue weighted by Gasteiger charge is -2.29. The Bertz CT molecular complexity index is 631. The molecule has 3 rings (SSSR count). The minimum Gasteiger partial charge on any atom is -0.378 e. The molecule has 0 bridgehead atoms. The monoisotopic (exact) mass is 295 g/mol. The quantitative estimate of drug-likeness (QED) is 0.822. The zero-order valence-corrected chi connectivity index (χ0v) is 13.0. The largest absolute Gasteiger partial charge is 0.378 e. The molecule has 2 atom stereocenters. The predicted molar refractivity (Wildman–Crippen MR) is 86.5 cm³/mol. The van der Waals surface area contributed by atoms with E-state index in [9.17, 15) is 0 Å². The van der Waals surface area contributed by atoms with Gasteiger partial charge in [-0.1, -0.05) is 54.1 Å². The summed E-state index contributed by atoms with van der Waals surface area (Å²) < 4.78 is 7.74. The maximum absolute atomic E-state index is 5.83. The fraction of sp³-hybridized carbons (Fsp3) is 0.333. The van der Waals surface area contributed by atoms with Crippen LogP contribution in [-0.2, 0) is 11.2 Å². The fourth-order valence-corrected chi connectivity index (χ4v) is 2.95. The number of nitrogens with zero attached hydrogens (tertiary/aromatic N) is 3. The van der Waals surface area contributed by atoms with Crippen molar-refractivity contribution >= 4 is 0 Å². The molecular formula is C18H21N3O. The summed E-state index contributed by atoms with van der Waals surface area (Å²) in [6.45, 7) is 2.10. The first kappa shape index (κ1) is 14.7. The van der Waals surface area contributed by atoms with Gasteiger partial charge in [0.2, 0.25) is 0 Å². The normalized spacial score (nSPS) is 17.0. The summed E-state index contributed by atoms with van der Waals surface area (Å²) in [6.07, 6.45) is 12.7. The van der Waals surface area contributed by atoms with Crippen LogP contribution in [0.2, 0.25) is 0 Å².